The number of benzene rings is 2. The molecule has 0 saturated heterocycles. The second-order valence-electron chi connectivity index (χ2n) is 7.65. The molecular formula is C22H25N3O4S2. The first-order chi connectivity index (χ1) is 14.4. The van der Waals surface area contributed by atoms with Crippen LogP contribution in [0.2, 0.25) is 0 Å². The van der Waals surface area contributed by atoms with Crippen LogP contribution in [0.5, 0.6) is 0 Å². The average molecular weight is 460 g/mol. The van der Waals surface area contributed by atoms with Gasteiger partial charge in [-0.1, -0.05) is 29.8 Å². The third-order valence-corrected chi connectivity index (χ3v) is 8.84. The van der Waals surface area contributed by atoms with Crippen LogP contribution in [0.25, 0.3) is 11.1 Å². The zero-order valence-corrected chi connectivity index (χ0v) is 19.4. The standard InChI is InChI=1S/C22H25N3O4S2/c1-14-5-6-15(2)20(11-14)22(30(23,26)27)31(28,29)25-18-7-8-19(17(4)12-18)21-13-24-10-9-16(21)3/h5-13,22,25H,1-4H3,(H2,23,26,27). The summed E-state index contributed by atoms with van der Waals surface area (Å²) in [4.78, 5) is 4.15. The molecule has 9 heteroatoms. The number of anilines is 1. The van der Waals surface area contributed by atoms with Gasteiger partial charge >= 0.3 is 0 Å². The lowest BCUT2D eigenvalue weighted by molar-refractivity contribution is 0.580. The van der Waals surface area contributed by atoms with E-state index in [-0.39, 0.29) is 11.3 Å². The molecule has 1 atom stereocenters. The van der Waals surface area contributed by atoms with Crippen molar-refractivity contribution in [3.63, 3.8) is 0 Å². The van der Waals surface area contributed by atoms with Crippen molar-refractivity contribution in [2.24, 2.45) is 5.14 Å². The highest BCUT2D eigenvalue weighted by Crippen LogP contribution is 2.33. The minimum atomic E-state index is -4.46. The first-order valence-electron chi connectivity index (χ1n) is 9.52. The van der Waals surface area contributed by atoms with Crippen LogP contribution in [0.15, 0.2) is 54.9 Å². The molecule has 0 aliphatic rings. The molecule has 0 aliphatic heterocycles. The van der Waals surface area contributed by atoms with Crippen molar-refractivity contribution in [3.05, 3.63) is 82.7 Å². The monoisotopic (exact) mass is 459 g/mol. The van der Waals surface area contributed by atoms with Crippen LogP contribution in [-0.2, 0) is 20.0 Å². The summed E-state index contributed by atoms with van der Waals surface area (Å²) in [5, 5.41) is 5.36. The molecule has 0 amide bonds. The Morgan fingerprint density at radius 1 is 0.839 bits per heavy atom. The largest absolute Gasteiger partial charge is 0.282 e. The van der Waals surface area contributed by atoms with Crippen LogP contribution in [0.1, 0.15) is 32.4 Å². The minimum absolute atomic E-state index is 0.134. The van der Waals surface area contributed by atoms with E-state index in [4.69, 9.17) is 5.14 Å². The molecule has 7 nitrogen and oxygen atoms in total. The number of nitrogens with two attached hydrogens (primary N) is 1. The quantitative estimate of drug-likeness (QED) is 0.582. The smallest absolute Gasteiger partial charge is 0.255 e. The van der Waals surface area contributed by atoms with E-state index >= 15 is 0 Å². The highest BCUT2D eigenvalue weighted by atomic mass is 32.3. The summed E-state index contributed by atoms with van der Waals surface area (Å²) >= 11 is 0. The van der Waals surface area contributed by atoms with Gasteiger partial charge in [0.2, 0.25) is 14.6 Å². The molecule has 0 aliphatic carbocycles. The summed E-state index contributed by atoms with van der Waals surface area (Å²) in [5.74, 6) is 0. The van der Waals surface area contributed by atoms with Gasteiger partial charge in [-0.05, 0) is 73.7 Å². The second-order valence-corrected chi connectivity index (χ2v) is 11.4. The molecule has 0 radical (unpaired) electrons. The van der Waals surface area contributed by atoms with E-state index in [2.05, 4.69) is 9.71 Å². The zero-order chi connectivity index (χ0) is 23.0. The Balaban J connectivity index is 2.03. The van der Waals surface area contributed by atoms with E-state index in [0.29, 0.717) is 5.56 Å². The molecule has 31 heavy (non-hydrogen) atoms. The molecular weight excluding hydrogens is 434 g/mol. The van der Waals surface area contributed by atoms with Crippen molar-refractivity contribution in [1.82, 2.24) is 4.98 Å². The lowest BCUT2D eigenvalue weighted by Gasteiger charge is -2.20. The van der Waals surface area contributed by atoms with Gasteiger partial charge in [0.1, 0.15) is 0 Å². The molecule has 0 fully saturated rings. The Morgan fingerprint density at radius 3 is 2.16 bits per heavy atom. The second kappa shape index (κ2) is 8.41. The van der Waals surface area contributed by atoms with Gasteiger partial charge in [-0.2, -0.15) is 0 Å². The summed E-state index contributed by atoms with van der Waals surface area (Å²) in [7, 11) is -8.86. The van der Waals surface area contributed by atoms with Crippen molar-refractivity contribution < 1.29 is 16.8 Å². The Bertz CT molecular complexity index is 1350. The number of aryl methyl sites for hydroxylation is 4. The number of nitrogens with one attached hydrogen (secondary N) is 1. The summed E-state index contributed by atoms with van der Waals surface area (Å²) in [6, 6.07) is 11.9. The van der Waals surface area contributed by atoms with E-state index in [9.17, 15) is 16.8 Å². The van der Waals surface area contributed by atoms with Crippen LogP contribution < -0.4 is 9.86 Å². The van der Waals surface area contributed by atoms with Crippen LogP contribution in [0, 0.1) is 27.7 Å². The molecule has 0 saturated carbocycles. The SMILES string of the molecule is Cc1ccc(C)c(C(S(N)(=O)=O)S(=O)(=O)Nc2ccc(-c3cnccc3C)c(C)c2)c1. The van der Waals surface area contributed by atoms with Crippen LogP contribution >= 0.6 is 0 Å². The number of aromatic nitrogens is 1. The molecule has 1 unspecified atom stereocenters. The van der Waals surface area contributed by atoms with Gasteiger partial charge in [0, 0.05) is 23.6 Å². The predicted octanol–water partition coefficient (Wildman–Crippen LogP) is 3.71. The fourth-order valence-corrected chi connectivity index (χ4v) is 6.84. The lowest BCUT2D eigenvalue weighted by atomic mass is 9.98. The molecule has 1 heterocycles. The predicted molar refractivity (Wildman–Crippen MR) is 123 cm³/mol. The van der Waals surface area contributed by atoms with E-state index in [1.54, 1.807) is 56.6 Å². The minimum Gasteiger partial charge on any atom is -0.282 e. The number of sulfonamides is 2. The molecule has 0 spiro atoms. The highest BCUT2D eigenvalue weighted by molar-refractivity contribution is 8.08. The maximum atomic E-state index is 13.2. The molecule has 164 valence electrons. The number of rotatable bonds is 6. The molecule has 3 aromatic rings. The van der Waals surface area contributed by atoms with Gasteiger partial charge in [0.25, 0.3) is 10.0 Å². The van der Waals surface area contributed by atoms with E-state index < -0.39 is 24.6 Å². The average Bonchev–Trinajstić information content (AvgIpc) is 2.64. The van der Waals surface area contributed by atoms with Crippen molar-refractivity contribution in [3.8, 4) is 11.1 Å². The van der Waals surface area contributed by atoms with E-state index in [1.807, 2.05) is 19.9 Å². The fourth-order valence-electron chi connectivity index (χ4n) is 3.53. The normalized spacial score (nSPS) is 13.1. The Kier molecular flexibility index (Phi) is 6.22. The molecule has 3 rings (SSSR count). The third-order valence-electron chi connectivity index (χ3n) is 5.08. The maximum Gasteiger partial charge on any atom is 0.255 e. The van der Waals surface area contributed by atoms with Crippen LogP contribution in [0.4, 0.5) is 5.69 Å². The fraction of sp³-hybridized carbons (Fsp3) is 0.227. The Labute approximate surface area is 183 Å². The number of hydrogen-bond donors (Lipinski definition) is 2. The molecule has 0 bridgehead atoms. The molecule has 1 aromatic heterocycles. The summed E-state index contributed by atoms with van der Waals surface area (Å²) < 4.78 is 51.4. The highest BCUT2D eigenvalue weighted by Gasteiger charge is 2.38. The van der Waals surface area contributed by atoms with Gasteiger partial charge in [-0.3, -0.25) is 9.71 Å². The summed E-state index contributed by atoms with van der Waals surface area (Å²) in [6.45, 7) is 7.22. The van der Waals surface area contributed by atoms with Gasteiger partial charge in [-0.15, -0.1) is 0 Å². The third kappa shape index (κ3) is 4.95. The zero-order valence-electron chi connectivity index (χ0n) is 17.7. The Hall–Kier alpha value is -2.75. The first-order valence-corrected chi connectivity index (χ1v) is 12.7. The van der Waals surface area contributed by atoms with Crippen molar-refractivity contribution in [2.75, 3.05) is 4.72 Å². The van der Waals surface area contributed by atoms with E-state index in [0.717, 1.165) is 27.8 Å². The number of hydrogen-bond acceptors (Lipinski definition) is 5. The van der Waals surface area contributed by atoms with Crippen LogP contribution in [-0.4, -0.2) is 21.8 Å². The van der Waals surface area contributed by atoms with Gasteiger partial charge < -0.3 is 0 Å². The van der Waals surface area contributed by atoms with E-state index in [1.165, 1.54) is 6.07 Å². The van der Waals surface area contributed by atoms with Crippen molar-refractivity contribution in [1.29, 1.82) is 0 Å². The number of pyridine rings is 1. The first kappa shape index (κ1) is 22.9. The van der Waals surface area contributed by atoms with Crippen molar-refractivity contribution in [2.45, 2.75) is 32.3 Å². The number of nitrogens with zero attached hydrogens (tertiary/aromatic N) is 1. The topological polar surface area (TPSA) is 119 Å². The summed E-state index contributed by atoms with van der Waals surface area (Å²) in [5.41, 5.74) is 5.34. The van der Waals surface area contributed by atoms with Gasteiger partial charge in [-0.25, -0.2) is 22.0 Å². The summed E-state index contributed by atoms with van der Waals surface area (Å²) in [6.07, 6.45) is 3.45. The van der Waals surface area contributed by atoms with Gasteiger partial charge in [0.15, 0.2) is 0 Å². The Morgan fingerprint density at radius 2 is 1.55 bits per heavy atom. The van der Waals surface area contributed by atoms with Gasteiger partial charge in [0.05, 0.1) is 0 Å². The molecule has 3 N–H and O–H groups in total. The van der Waals surface area contributed by atoms with Crippen molar-refractivity contribution >= 4 is 25.7 Å². The maximum absolute atomic E-state index is 13.2. The lowest BCUT2D eigenvalue weighted by Crippen LogP contribution is -2.33. The van der Waals surface area contributed by atoms with Crippen LogP contribution in [0.3, 0.4) is 0 Å². The molecule has 2 aromatic carbocycles. The number of primary sulfonamides is 1.